The molecule has 0 unspecified atom stereocenters. The fraction of sp³-hybridized carbons (Fsp3) is 0.364. The Morgan fingerprint density at radius 1 is 1.40 bits per heavy atom. The van der Waals surface area contributed by atoms with Gasteiger partial charge in [-0.15, -0.1) is 0 Å². The Bertz CT molecular complexity index is 615. The SMILES string of the molecule is COc1cc(NS(=O)(=O)NC(C)C)c(Cl)cc1C(=O)O. The summed E-state index contributed by atoms with van der Waals surface area (Å²) in [6, 6.07) is 2.04. The van der Waals surface area contributed by atoms with E-state index in [0.717, 1.165) is 6.07 Å². The summed E-state index contributed by atoms with van der Waals surface area (Å²) in [7, 11) is -2.52. The molecule has 0 aliphatic heterocycles. The molecule has 0 saturated carbocycles. The van der Waals surface area contributed by atoms with Gasteiger partial charge in [-0.2, -0.15) is 13.1 Å². The third-order valence-corrected chi connectivity index (χ3v) is 3.74. The fourth-order valence-electron chi connectivity index (χ4n) is 1.45. The van der Waals surface area contributed by atoms with Crippen LogP contribution < -0.4 is 14.2 Å². The molecule has 0 bridgehead atoms. The topological polar surface area (TPSA) is 105 Å². The minimum Gasteiger partial charge on any atom is -0.496 e. The molecule has 0 radical (unpaired) electrons. The smallest absolute Gasteiger partial charge is 0.339 e. The Hall–Kier alpha value is -1.51. The highest BCUT2D eigenvalue weighted by atomic mass is 35.5. The third-order valence-electron chi connectivity index (χ3n) is 2.15. The molecule has 0 aliphatic rings. The van der Waals surface area contributed by atoms with Gasteiger partial charge in [0.1, 0.15) is 11.3 Å². The van der Waals surface area contributed by atoms with Crippen molar-refractivity contribution >= 4 is 33.5 Å². The second kappa shape index (κ2) is 6.29. The number of anilines is 1. The first kappa shape index (κ1) is 16.5. The molecule has 112 valence electrons. The van der Waals surface area contributed by atoms with E-state index >= 15 is 0 Å². The quantitative estimate of drug-likeness (QED) is 0.739. The van der Waals surface area contributed by atoms with Crippen LogP contribution in [-0.2, 0) is 10.2 Å². The van der Waals surface area contributed by atoms with Crippen LogP contribution in [-0.4, -0.2) is 32.6 Å². The molecule has 0 fully saturated rings. The number of carboxylic acids is 1. The van der Waals surface area contributed by atoms with Crippen LogP contribution in [0.25, 0.3) is 0 Å². The Morgan fingerprint density at radius 3 is 2.45 bits per heavy atom. The molecule has 1 rings (SSSR count). The first-order valence-corrected chi connectivity index (χ1v) is 7.43. The number of ether oxygens (including phenoxy) is 1. The number of methoxy groups -OCH3 is 1. The zero-order valence-corrected chi connectivity index (χ0v) is 12.7. The molecule has 20 heavy (non-hydrogen) atoms. The van der Waals surface area contributed by atoms with E-state index in [9.17, 15) is 13.2 Å². The predicted octanol–water partition coefficient (Wildman–Crippen LogP) is 1.70. The third kappa shape index (κ3) is 4.26. The minimum absolute atomic E-state index is 0.00384. The second-order valence-corrected chi connectivity index (χ2v) is 6.07. The second-order valence-electron chi connectivity index (χ2n) is 4.22. The average Bonchev–Trinajstić information content (AvgIpc) is 2.28. The molecular formula is C11H15ClN2O5S. The number of halogens is 1. The molecule has 9 heteroatoms. The van der Waals surface area contributed by atoms with Crippen LogP contribution in [0.15, 0.2) is 12.1 Å². The number of hydrogen-bond donors (Lipinski definition) is 3. The van der Waals surface area contributed by atoms with Gasteiger partial charge in [0.2, 0.25) is 0 Å². The summed E-state index contributed by atoms with van der Waals surface area (Å²) >= 11 is 5.87. The summed E-state index contributed by atoms with van der Waals surface area (Å²) in [5.74, 6) is -1.22. The minimum atomic E-state index is -3.80. The van der Waals surface area contributed by atoms with Gasteiger partial charge in [0, 0.05) is 12.1 Å². The van der Waals surface area contributed by atoms with E-state index in [1.807, 2.05) is 0 Å². The van der Waals surface area contributed by atoms with Crippen LogP contribution in [0, 0.1) is 0 Å². The van der Waals surface area contributed by atoms with Gasteiger partial charge < -0.3 is 9.84 Å². The molecule has 1 aromatic rings. The van der Waals surface area contributed by atoms with Gasteiger partial charge >= 0.3 is 5.97 Å². The zero-order valence-electron chi connectivity index (χ0n) is 11.1. The lowest BCUT2D eigenvalue weighted by Crippen LogP contribution is -2.35. The van der Waals surface area contributed by atoms with Crippen molar-refractivity contribution in [1.82, 2.24) is 4.72 Å². The molecule has 0 spiro atoms. The number of aromatic carboxylic acids is 1. The van der Waals surface area contributed by atoms with Crippen molar-refractivity contribution in [2.24, 2.45) is 0 Å². The summed E-state index contributed by atoms with van der Waals surface area (Å²) in [4.78, 5) is 11.0. The molecule has 0 heterocycles. The number of nitrogens with one attached hydrogen (secondary N) is 2. The highest BCUT2D eigenvalue weighted by Gasteiger charge is 2.18. The summed E-state index contributed by atoms with van der Waals surface area (Å²) in [5.41, 5.74) is -0.126. The largest absolute Gasteiger partial charge is 0.496 e. The maximum atomic E-state index is 11.7. The van der Waals surface area contributed by atoms with Crippen molar-refractivity contribution in [3.05, 3.63) is 22.7 Å². The maximum absolute atomic E-state index is 11.7. The molecule has 1 aromatic carbocycles. The summed E-state index contributed by atoms with van der Waals surface area (Å²) in [6.45, 7) is 3.32. The summed E-state index contributed by atoms with van der Waals surface area (Å²) < 4.78 is 32.9. The van der Waals surface area contributed by atoms with Gasteiger partial charge in [-0.3, -0.25) is 4.72 Å². The van der Waals surface area contributed by atoms with Crippen molar-refractivity contribution in [2.75, 3.05) is 11.8 Å². The van der Waals surface area contributed by atoms with Crippen molar-refractivity contribution in [3.63, 3.8) is 0 Å². The molecule has 0 saturated heterocycles. The molecule has 0 atom stereocenters. The van der Waals surface area contributed by atoms with Gasteiger partial charge in [-0.1, -0.05) is 11.6 Å². The summed E-state index contributed by atoms with van der Waals surface area (Å²) in [6.07, 6.45) is 0. The van der Waals surface area contributed by atoms with Crippen LogP contribution in [0.4, 0.5) is 5.69 Å². The van der Waals surface area contributed by atoms with E-state index in [1.54, 1.807) is 13.8 Å². The molecule has 3 N–H and O–H groups in total. The van der Waals surface area contributed by atoms with E-state index in [2.05, 4.69) is 9.44 Å². The number of carboxylic acid groups (broad SMARTS) is 1. The van der Waals surface area contributed by atoms with E-state index in [0.29, 0.717) is 0 Å². The van der Waals surface area contributed by atoms with Crippen molar-refractivity contribution in [1.29, 1.82) is 0 Å². The fourth-order valence-corrected chi connectivity index (χ4v) is 2.86. The number of benzene rings is 1. The van der Waals surface area contributed by atoms with E-state index in [4.69, 9.17) is 21.4 Å². The Morgan fingerprint density at radius 2 is 2.00 bits per heavy atom. The van der Waals surface area contributed by atoms with Crippen LogP contribution >= 0.6 is 11.6 Å². The van der Waals surface area contributed by atoms with Crippen LogP contribution in [0.2, 0.25) is 5.02 Å². The molecular weight excluding hydrogens is 308 g/mol. The van der Waals surface area contributed by atoms with Gasteiger partial charge in [0.15, 0.2) is 0 Å². The maximum Gasteiger partial charge on any atom is 0.339 e. The molecule has 0 aliphatic carbocycles. The zero-order chi connectivity index (χ0) is 15.5. The number of carbonyl (C=O) groups is 1. The summed E-state index contributed by atoms with van der Waals surface area (Å²) in [5, 5.41) is 8.93. The first-order chi connectivity index (χ1) is 9.16. The van der Waals surface area contributed by atoms with Gasteiger partial charge in [-0.25, -0.2) is 4.79 Å². The van der Waals surface area contributed by atoms with E-state index < -0.39 is 16.2 Å². The lowest BCUT2D eigenvalue weighted by atomic mass is 10.2. The number of rotatable bonds is 6. The van der Waals surface area contributed by atoms with Gasteiger partial charge in [-0.05, 0) is 19.9 Å². The first-order valence-electron chi connectivity index (χ1n) is 5.57. The van der Waals surface area contributed by atoms with Gasteiger partial charge in [0.25, 0.3) is 10.2 Å². The Balaban J connectivity index is 3.18. The molecule has 0 amide bonds. The lowest BCUT2D eigenvalue weighted by molar-refractivity contribution is 0.0693. The highest BCUT2D eigenvalue weighted by molar-refractivity contribution is 7.90. The molecule has 0 aromatic heterocycles. The van der Waals surface area contributed by atoms with Crippen molar-refractivity contribution in [3.8, 4) is 5.75 Å². The van der Waals surface area contributed by atoms with Crippen LogP contribution in [0.1, 0.15) is 24.2 Å². The Kier molecular flexibility index (Phi) is 5.21. The lowest BCUT2D eigenvalue weighted by Gasteiger charge is -2.14. The van der Waals surface area contributed by atoms with Crippen LogP contribution in [0.5, 0.6) is 5.75 Å². The van der Waals surface area contributed by atoms with Crippen molar-refractivity contribution < 1.29 is 23.1 Å². The van der Waals surface area contributed by atoms with Gasteiger partial charge in [0.05, 0.1) is 17.8 Å². The van der Waals surface area contributed by atoms with E-state index in [-0.39, 0.29) is 28.1 Å². The Labute approximate surface area is 122 Å². The standard InChI is InChI=1S/C11H15ClN2O5S/c1-6(2)13-20(17,18)14-9-5-10(19-3)7(11(15)16)4-8(9)12/h4-6,13-14H,1-3H3,(H,15,16). The predicted molar refractivity (Wildman–Crippen MR) is 75.8 cm³/mol. The van der Waals surface area contributed by atoms with Crippen LogP contribution in [0.3, 0.4) is 0 Å². The average molecular weight is 323 g/mol. The molecule has 7 nitrogen and oxygen atoms in total. The van der Waals surface area contributed by atoms with Crippen molar-refractivity contribution in [2.45, 2.75) is 19.9 Å². The highest BCUT2D eigenvalue weighted by Crippen LogP contribution is 2.31. The monoisotopic (exact) mass is 322 g/mol. The number of hydrogen-bond acceptors (Lipinski definition) is 4. The normalized spacial score (nSPS) is 11.4. The van der Waals surface area contributed by atoms with E-state index in [1.165, 1.54) is 13.2 Å².